The molecule has 1 amide bonds. The molecule has 0 bridgehead atoms. The molecule has 1 N–H and O–H groups in total. The quantitative estimate of drug-likeness (QED) is 0.540. The number of carbonyl (C=O) groups is 1. The molecule has 0 saturated heterocycles. The lowest BCUT2D eigenvalue weighted by Crippen LogP contribution is -2.18. The van der Waals surface area contributed by atoms with E-state index in [1.807, 2.05) is 14.8 Å². The Labute approximate surface area is 71.8 Å². The van der Waals surface area contributed by atoms with E-state index < -0.39 is 0 Å². The number of aromatic nitrogens is 2. The second-order valence-electron chi connectivity index (χ2n) is 2.61. The Morgan fingerprint density at radius 2 is 2.33 bits per heavy atom. The van der Waals surface area contributed by atoms with Crippen molar-refractivity contribution in [2.24, 2.45) is 0 Å². The molecule has 0 fully saturated rings. The summed E-state index contributed by atoms with van der Waals surface area (Å²) in [5.41, 5.74) is 1.71. The molecule has 0 saturated carbocycles. The van der Waals surface area contributed by atoms with Crippen LogP contribution in [-0.2, 0) is 4.79 Å². The maximum atomic E-state index is 10.6. The lowest BCUT2D eigenvalue weighted by Gasteiger charge is -2.02. The molecule has 1 rings (SSSR count). The molecule has 0 aliphatic rings. The number of nitrogens with zero attached hydrogens (tertiary/aromatic N) is 2. The van der Waals surface area contributed by atoms with Gasteiger partial charge < -0.3 is 5.32 Å². The van der Waals surface area contributed by atoms with Crippen LogP contribution in [0.2, 0.25) is 0 Å². The third-order valence-electron chi connectivity index (χ3n) is 1.50. The largest absolute Gasteiger partial charge is 0.310 e. The molecular weight excluding hydrogens is 153 g/mol. The highest BCUT2D eigenvalue weighted by Crippen LogP contribution is 1.96. The molecule has 62 valence electrons. The van der Waals surface area contributed by atoms with Crippen molar-refractivity contribution in [2.75, 3.05) is 5.32 Å². The summed E-state index contributed by atoms with van der Waals surface area (Å²) in [5, 5.41) is 2.56. The van der Waals surface area contributed by atoms with Gasteiger partial charge in [-0.15, -0.1) is 0 Å². The molecule has 1 heterocycles. The van der Waals surface area contributed by atoms with Crippen LogP contribution in [0.3, 0.4) is 0 Å². The number of carbonyl (C=O) groups excluding carboxylic acids is 1. The normalized spacial score (nSPS) is 9.50. The number of aryl methyl sites for hydroxylation is 1. The average Bonchev–Trinajstić information content (AvgIpc) is 1.96. The summed E-state index contributed by atoms with van der Waals surface area (Å²) in [7, 11) is 1.85. The molecule has 0 aromatic carbocycles. The van der Waals surface area contributed by atoms with Crippen LogP contribution in [0.1, 0.15) is 12.6 Å². The second kappa shape index (κ2) is 3.34. The smallest absolute Gasteiger partial charge is 0.222 e. The zero-order chi connectivity index (χ0) is 9.14. The zero-order valence-corrected chi connectivity index (χ0v) is 7.38. The summed E-state index contributed by atoms with van der Waals surface area (Å²) in [6.45, 7) is 3.32. The first kappa shape index (κ1) is 8.71. The van der Waals surface area contributed by atoms with Gasteiger partial charge >= 0.3 is 0 Å². The second-order valence-corrected chi connectivity index (χ2v) is 2.61. The van der Waals surface area contributed by atoms with Gasteiger partial charge in [-0.2, -0.15) is 0 Å². The van der Waals surface area contributed by atoms with Crippen LogP contribution in [0, 0.1) is 6.92 Å². The molecule has 5 heteroatoms. The van der Waals surface area contributed by atoms with Gasteiger partial charge in [0.15, 0.2) is 7.85 Å². The van der Waals surface area contributed by atoms with Gasteiger partial charge in [0.1, 0.15) is 5.82 Å². The van der Waals surface area contributed by atoms with Gasteiger partial charge in [-0.05, 0) is 6.92 Å². The average molecular weight is 163 g/mol. The minimum absolute atomic E-state index is 0.132. The maximum Gasteiger partial charge on any atom is 0.222 e. The molecule has 1 aromatic rings. The summed E-state index contributed by atoms with van der Waals surface area (Å²) in [6, 6.07) is 0. The number of amides is 1. The van der Waals surface area contributed by atoms with Crippen LogP contribution in [0.15, 0.2) is 6.20 Å². The molecule has 1 aromatic heterocycles. The minimum Gasteiger partial charge on any atom is -0.310 e. The summed E-state index contributed by atoms with van der Waals surface area (Å²) < 4.78 is 0. The van der Waals surface area contributed by atoms with Crippen molar-refractivity contribution in [3.63, 3.8) is 0 Å². The van der Waals surface area contributed by atoms with E-state index in [1.54, 1.807) is 6.20 Å². The van der Waals surface area contributed by atoms with E-state index in [4.69, 9.17) is 0 Å². The van der Waals surface area contributed by atoms with Crippen molar-refractivity contribution in [1.82, 2.24) is 9.97 Å². The molecule has 12 heavy (non-hydrogen) atoms. The van der Waals surface area contributed by atoms with Gasteiger partial charge in [0.05, 0.1) is 6.20 Å². The number of anilines is 1. The first-order chi connectivity index (χ1) is 5.59. The van der Waals surface area contributed by atoms with Gasteiger partial charge in [0.25, 0.3) is 0 Å². The number of hydrogen-bond donors (Lipinski definition) is 1. The predicted octanol–water partition coefficient (Wildman–Crippen LogP) is -0.998. The van der Waals surface area contributed by atoms with Crippen molar-refractivity contribution in [1.29, 1.82) is 0 Å². The highest BCUT2D eigenvalue weighted by molar-refractivity contribution is 6.31. The lowest BCUT2D eigenvalue weighted by atomic mass is 10.0. The standard InChI is InChI=1S/C7H10BN3O/c1-4-7(8)11-6(3-9-4)10-5(2)12/h3H,8H2,1-2H3,(H,10,11,12). The number of rotatable bonds is 1. The lowest BCUT2D eigenvalue weighted by molar-refractivity contribution is -0.114. The van der Waals surface area contributed by atoms with Gasteiger partial charge in [0, 0.05) is 18.2 Å². The van der Waals surface area contributed by atoms with Crippen molar-refractivity contribution in [3.8, 4) is 0 Å². The van der Waals surface area contributed by atoms with Crippen LogP contribution in [0.5, 0.6) is 0 Å². The highest BCUT2D eigenvalue weighted by Gasteiger charge is 1.99. The Kier molecular flexibility index (Phi) is 2.42. The van der Waals surface area contributed by atoms with Crippen molar-refractivity contribution in [3.05, 3.63) is 11.9 Å². The van der Waals surface area contributed by atoms with E-state index in [-0.39, 0.29) is 5.91 Å². The van der Waals surface area contributed by atoms with Crippen molar-refractivity contribution < 1.29 is 4.79 Å². The molecule has 0 unspecified atom stereocenters. The molecule has 0 radical (unpaired) electrons. The van der Waals surface area contributed by atoms with Gasteiger partial charge in [-0.1, -0.05) is 0 Å². The van der Waals surface area contributed by atoms with Crippen LogP contribution in [0.25, 0.3) is 0 Å². The predicted molar refractivity (Wildman–Crippen MR) is 49.3 cm³/mol. The molecule has 0 atom stereocenters. The van der Waals surface area contributed by atoms with Gasteiger partial charge in [-0.25, -0.2) is 4.98 Å². The molecule has 4 nitrogen and oxygen atoms in total. The van der Waals surface area contributed by atoms with E-state index >= 15 is 0 Å². The van der Waals surface area contributed by atoms with E-state index in [9.17, 15) is 4.79 Å². The fraction of sp³-hybridized carbons (Fsp3) is 0.286. The van der Waals surface area contributed by atoms with Gasteiger partial charge in [0.2, 0.25) is 5.91 Å². The third kappa shape index (κ3) is 2.05. The fourth-order valence-corrected chi connectivity index (χ4v) is 0.782. The van der Waals surface area contributed by atoms with Crippen LogP contribution in [-0.4, -0.2) is 23.7 Å². The topological polar surface area (TPSA) is 54.9 Å². The van der Waals surface area contributed by atoms with E-state index in [0.717, 1.165) is 11.3 Å². The Morgan fingerprint density at radius 1 is 1.67 bits per heavy atom. The molecule has 0 spiro atoms. The van der Waals surface area contributed by atoms with Crippen molar-refractivity contribution >= 4 is 25.2 Å². The molecule has 0 aliphatic heterocycles. The SMILES string of the molecule is Bc1nc(NC(C)=O)cnc1C. The van der Waals surface area contributed by atoms with E-state index in [2.05, 4.69) is 15.3 Å². The Balaban J connectivity index is 2.89. The summed E-state index contributed by atoms with van der Waals surface area (Å²) in [4.78, 5) is 18.8. The highest BCUT2D eigenvalue weighted by atomic mass is 16.1. The van der Waals surface area contributed by atoms with Crippen LogP contribution < -0.4 is 10.9 Å². The molecule has 0 aliphatic carbocycles. The first-order valence-electron chi connectivity index (χ1n) is 3.67. The minimum atomic E-state index is -0.132. The third-order valence-corrected chi connectivity index (χ3v) is 1.50. The maximum absolute atomic E-state index is 10.6. The molecular formula is C7H10BN3O. The summed E-state index contributed by atoms with van der Waals surface area (Å²) in [6.07, 6.45) is 1.55. The van der Waals surface area contributed by atoms with Crippen molar-refractivity contribution in [2.45, 2.75) is 13.8 Å². The van der Waals surface area contributed by atoms with E-state index in [1.165, 1.54) is 6.92 Å². The first-order valence-corrected chi connectivity index (χ1v) is 3.67. The number of hydrogen-bond acceptors (Lipinski definition) is 3. The van der Waals surface area contributed by atoms with Crippen LogP contribution >= 0.6 is 0 Å². The number of nitrogens with one attached hydrogen (secondary N) is 1. The van der Waals surface area contributed by atoms with Crippen LogP contribution in [0.4, 0.5) is 5.82 Å². The summed E-state index contributed by atoms with van der Waals surface area (Å²) >= 11 is 0. The van der Waals surface area contributed by atoms with Gasteiger partial charge in [-0.3, -0.25) is 9.78 Å². The fourth-order valence-electron chi connectivity index (χ4n) is 0.782. The van der Waals surface area contributed by atoms with E-state index in [0.29, 0.717) is 5.82 Å². The monoisotopic (exact) mass is 163 g/mol. The Hall–Kier alpha value is -1.39. The zero-order valence-electron chi connectivity index (χ0n) is 7.38. The Bertz CT molecular complexity index is 314. The Morgan fingerprint density at radius 3 is 2.83 bits per heavy atom. The summed E-state index contributed by atoms with van der Waals surface area (Å²) in [5.74, 6) is 0.373.